The van der Waals surface area contributed by atoms with Crippen molar-refractivity contribution in [3.63, 3.8) is 0 Å². The fourth-order valence-electron chi connectivity index (χ4n) is 5.33. The molecule has 1 aliphatic heterocycles. The number of carbonyl (C=O) groups excluding carboxylic acids is 3. The van der Waals surface area contributed by atoms with Crippen LogP contribution in [0.3, 0.4) is 0 Å². The van der Waals surface area contributed by atoms with Crippen molar-refractivity contribution in [1.29, 1.82) is 0 Å². The average molecular weight is 709 g/mol. The van der Waals surface area contributed by atoms with Gasteiger partial charge in [0.25, 0.3) is 17.7 Å². The van der Waals surface area contributed by atoms with Crippen LogP contribution < -0.4 is 5.32 Å². The quantitative estimate of drug-likeness (QED) is 0.190. The highest BCUT2D eigenvalue weighted by Gasteiger charge is 2.33. The summed E-state index contributed by atoms with van der Waals surface area (Å²) in [7, 11) is -4.00. The highest BCUT2D eigenvalue weighted by Crippen LogP contribution is 2.26. The van der Waals surface area contributed by atoms with Crippen molar-refractivity contribution in [2.45, 2.75) is 35.1 Å². The molecule has 3 amide bonds. The molecule has 6 rings (SSSR count). The Bertz CT molecular complexity index is 2160. The predicted octanol–water partition coefficient (Wildman–Crippen LogP) is 6.19. The summed E-state index contributed by atoms with van der Waals surface area (Å²) in [6, 6.07) is 32.8. The fraction of sp³-hybridized carbons (Fsp3) is 0.154. The van der Waals surface area contributed by atoms with E-state index >= 15 is 0 Å². The lowest BCUT2D eigenvalue weighted by molar-refractivity contribution is 0.0692. The number of carbonyl (C=O) groups is 3. The maximum atomic E-state index is 12.8. The summed E-state index contributed by atoms with van der Waals surface area (Å²) in [5, 5.41) is 2.46. The van der Waals surface area contributed by atoms with E-state index in [4.69, 9.17) is 0 Å². The van der Waals surface area contributed by atoms with E-state index in [1.165, 1.54) is 32.3 Å². The van der Waals surface area contributed by atoms with Gasteiger partial charge in [-0.1, -0.05) is 83.9 Å². The zero-order chi connectivity index (χ0) is 36.2. The summed E-state index contributed by atoms with van der Waals surface area (Å²) in [4.78, 5) is 36.1. The first-order valence-electron chi connectivity index (χ1n) is 15.6. The molecule has 1 heterocycles. The topological polar surface area (TPSA) is 135 Å². The van der Waals surface area contributed by atoms with Gasteiger partial charge in [-0.3, -0.25) is 19.3 Å². The first-order chi connectivity index (χ1) is 23.7. The molecule has 256 valence electrons. The Hall–Kier alpha value is -5.39. The van der Waals surface area contributed by atoms with E-state index in [0.29, 0.717) is 11.1 Å². The van der Waals surface area contributed by atoms with Gasteiger partial charge in [0, 0.05) is 19.7 Å². The van der Waals surface area contributed by atoms with Gasteiger partial charge in [-0.2, -0.15) is 0 Å². The number of aryl methyl sites for hydroxylation is 2. The SMILES string of the molecule is CNC(=O)c1ccc2c(c1)C(=O)N(C)C2=O.Cc1ccc(CS(=O)(=O)c2ccc(-c3ccc(S(=O)(=O)Cc4ccc(C)cc4)cc3)cc2)cc1. The lowest BCUT2D eigenvalue weighted by Crippen LogP contribution is -2.24. The van der Waals surface area contributed by atoms with Gasteiger partial charge in [-0.05, 0) is 78.6 Å². The van der Waals surface area contributed by atoms with E-state index in [-0.39, 0.29) is 44.6 Å². The maximum Gasteiger partial charge on any atom is 0.261 e. The van der Waals surface area contributed by atoms with E-state index in [0.717, 1.165) is 38.3 Å². The van der Waals surface area contributed by atoms with E-state index in [9.17, 15) is 31.2 Å². The Labute approximate surface area is 292 Å². The first-order valence-corrected chi connectivity index (χ1v) is 18.9. The number of fused-ring (bicyclic) bond motifs is 1. The molecule has 0 saturated carbocycles. The molecule has 0 aromatic heterocycles. The number of imide groups is 1. The zero-order valence-electron chi connectivity index (χ0n) is 28.0. The van der Waals surface area contributed by atoms with Crippen LogP contribution >= 0.6 is 0 Å². The largest absolute Gasteiger partial charge is 0.355 e. The molecule has 0 bridgehead atoms. The third kappa shape index (κ3) is 8.07. The molecular formula is C39H36N2O7S2. The number of nitrogens with one attached hydrogen (secondary N) is 1. The third-order valence-electron chi connectivity index (χ3n) is 8.29. The highest BCUT2D eigenvalue weighted by atomic mass is 32.2. The number of nitrogens with zero attached hydrogens (tertiary/aromatic N) is 1. The molecule has 5 aromatic rings. The van der Waals surface area contributed by atoms with Crippen LogP contribution in [0.1, 0.15) is 53.3 Å². The van der Waals surface area contributed by atoms with Gasteiger partial charge in [-0.15, -0.1) is 0 Å². The molecule has 0 fully saturated rings. The minimum atomic E-state index is -3.46. The third-order valence-corrected chi connectivity index (χ3v) is 11.7. The van der Waals surface area contributed by atoms with Gasteiger partial charge in [0.1, 0.15) is 0 Å². The van der Waals surface area contributed by atoms with E-state index < -0.39 is 19.7 Å². The van der Waals surface area contributed by atoms with Gasteiger partial charge < -0.3 is 5.32 Å². The van der Waals surface area contributed by atoms with Gasteiger partial charge in [0.2, 0.25) is 0 Å². The molecule has 0 saturated heterocycles. The minimum absolute atomic E-state index is 0.0554. The molecule has 9 nitrogen and oxygen atoms in total. The Balaban J connectivity index is 0.000000253. The van der Waals surface area contributed by atoms with Crippen LogP contribution in [0.4, 0.5) is 0 Å². The van der Waals surface area contributed by atoms with Crippen molar-refractivity contribution in [3.8, 4) is 11.1 Å². The normalized spacial score (nSPS) is 12.6. The number of hydrogen-bond acceptors (Lipinski definition) is 7. The summed E-state index contributed by atoms with van der Waals surface area (Å²) >= 11 is 0. The van der Waals surface area contributed by atoms with Crippen LogP contribution in [-0.4, -0.2) is 53.6 Å². The molecule has 5 aromatic carbocycles. The second-order valence-corrected chi connectivity index (χ2v) is 16.0. The van der Waals surface area contributed by atoms with Crippen molar-refractivity contribution in [2.75, 3.05) is 14.1 Å². The molecule has 0 spiro atoms. The van der Waals surface area contributed by atoms with Gasteiger partial charge in [0.05, 0.1) is 32.4 Å². The number of amides is 3. The first kappa shape index (κ1) is 35.9. The monoisotopic (exact) mass is 708 g/mol. The summed E-state index contributed by atoms with van der Waals surface area (Å²) in [5.41, 5.74) is 6.30. The molecular weight excluding hydrogens is 673 g/mol. The van der Waals surface area contributed by atoms with E-state index in [2.05, 4.69) is 5.32 Å². The highest BCUT2D eigenvalue weighted by molar-refractivity contribution is 7.91. The van der Waals surface area contributed by atoms with Crippen LogP contribution in [-0.2, 0) is 31.2 Å². The van der Waals surface area contributed by atoms with Crippen molar-refractivity contribution >= 4 is 37.4 Å². The number of sulfone groups is 2. The van der Waals surface area contributed by atoms with Crippen LogP contribution in [0.5, 0.6) is 0 Å². The second-order valence-electron chi connectivity index (χ2n) is 12.0. The summed E-state index contributed by atoms with van der Waals surface area (Å²) in [6.45, 7) is 3.92. The Kier molecular flexibility index (Phi) is 10.5. The number of benzene rings is 5. The lowest BCUT2D eigenvalue weighted by Gasteiger charge is -2.09. The van der Waals surface area contributed by atoms with Crippen molar-refractivity contribution in [2.24, 2.45) is 0 Å². The number of rotatable bonds is 8. The van der Waals surface area contributed by atoms with E-state index in [1.807, 2.05) is 62.4 Å². The summed E-state index contributed by atoms with van der Waals surface area (Å²) < 4.78 is 51.2. The maximum absolute atomic E-state index is 12.8. The standard InChI is InChI=1S/C28H26O4S2.C11H10N2O3/c1-21-3-7-23(8-4-21)19-33(29,30)27-15-11-25(12-16-27)26-13-17-28(18-14-26)34(31,32)20-24-9-5-22(2)6-10-24;1-12-9(14)6-3-4-7-8(5-6)11(16)13(2)10(7)15/h3-18H,19-20H2,1-2H3;3-5H,1-2H3,(H,12,14). The van der Waals surface area contributed by atoms with Gasteiger partial charge in [0.15, 0.2) is 19.7 Å². The van der Waals surface area contributed by atoms with Crippen molar-refractivity contribution in [1.82, 2.24) is 10.2 Å². The molecule has 0 unspecified atom stereocenters. The van der Waals surface area contributed by atoms with Gasteiger partial charge >= 0.3 is 0 Å². The van der Waals surface area contributed by atoms with Gasteiger partial charge in [-0.25, -0.2) is 16.8 Å². The minimum Gasteiger partial charge on any atom is -0.355 e. The molecule has 0 radical (unpaired) electrons. The van der Waals surface area contributed by atoms with Crippen LogP contribution in [0.2, 0.25) is 0 Å². The molecule has 50 heavy (non-hydrogen) atoms. The smallest absolute Gasteiger partial charge is 0.261 e. The fourth-order valence-corrected chi connectivity index (χ4v) is 8.03. The van der Waals surface area contributed by atoms with Crippen LogP contribution in [0.25, 0.3) is 11.1 Å². The lowest BCUT2D eigenvalue weighted by atomic mass is 10.1. The average Bonchev–Trinajstić information content (AvgIpc) is 3.33. The second kappa shape index (κ2) is 14.6. The molecule has 1 aliphatic rings. The molecule has 1 N–H and O–H groups in total. The predicted molar refractivity (Wildman–Crippen MR) is 192 cm³/mol. The Morgan fingerprint density at radius 1 is 0.580 bits per heavy atom. The van der Waals surface area contributed by atoms with Crippen LogP contribution in [0.15, 0.2) is 125 Å². The van der Waals surface area contributed by atoms with Crippen molar-refractivity contribution in [3.05, 3.63) is 154 Å². The van der Waals surface area contributed by atoms with Crippen molar-refractivity contribution < 1.29 is 31.2 Å². The Morgan fingerprint density at radius 2 is 0.980 bits per heavy atom. The number of hydrogen-bond donors (Lipinski definition) is 1. The molecule has 0 atom stereocenters. The van der Waals surface area contributed by atoms with Crippen LogP contribution in [0, 0.1) is 13.8 Å². The zero-order valence-corrected chi connectivity index (χ0v) is 29.6. The van der Waals surface area contributed by atoms with E-state index in [1.54, 1.807) is 48.5 Å². The molecule has 0 aliphatic carbocycles. The Morgan fingerprint density at radius 3 is 1.38 bits per heavy atom. The molecule has 11 heteroatoms. The summed E-state index contributed by atoms with van der Waals surface area (Å²) in [5.74, 6) is -1.09. The summed E-state index contributed by atoms with van der Waals surface area (Å²) in [6.07, 6.45) is 0.